The van der Waals surface area contributed by atoms with E-state index in [0.717, 1.165) is 5.56 Å². The smallest absolute Gasteiger partial charge is 0.313 e. The molecular formula is C18H16ClFN2O2. The lowest BCUT2D eigenvalue weighted by molar-refractivity contribution is -0.142. The highest BCUT2D eigenvalue weighted by molar-refractivity contribution is 6.39. The van der Waals surface area contributed by atoms with Crippen LogP contribution in [0.5, 0.6) is 0 Å². The lowest BCUT2D eigenvalue weighted by Gasteiger charge is -2.16. The molecule has 1 saturated heterocycles. The van der Waals surface area contributed by atoms with Crippen LogP contribution in [0.25, 0.3) is 0 Å². The third kappa shape index (κ3) is 3.74. The number of halogens is 2. The molecule has 0 aromatic heterocycles. The zero-order chi connectivity index (χ0) is 17.1. The Morgan fingerprint density at radius 3 is 2.62 bits per heavy atom. The maximum atomic E-state index is 13.3. The molecule has 1 heterocycles. The minimum Gasteiger partial charge on any atom is -0.334 e. The molecule has 0 radical (unpaired) electrons. The zero-order valence-corrected chi connectivity index (χ0v) is 13.6. The largest absolute Gasteiger partial charge is 0.334 e. The molecule has 2 aromatic carbocycles. The van der Waals surface area contributed by atoms with Gasteiger partial charge in [0.2, 0.25) is 0 Å². The number of benzene rings is 2. The van der Waals surface area contributed by atoms with Gasteiger partial charge in [-0.05, 0) is 48.4 Å². The second kappa shape index (κ2) is 7.01. The molecule has 3 rings (SSSR count). The summed E-state index contributed by atoms with van der Waals surface area (Å²) in [5.41, 5.74) is 1.36. The van der Waals surface area contributed by atoms with Gasteiger partial charge in [0.15, 0.2) is 0 Å². The highest BCUT2D eigenvalue weighted by Gasteiger charge is 2.30. The molecule has 1 N–H and O–H groups in total. The quantitative estimate of drug-likeness (QED) is 0.847. The van der Waals surface area contributed by atoms with E-state index < -0.39 is 11.8 Å². The standard InChI is InChI=1S/C18H16ClFN2O2/c19-14-4-6-16(7-5-14)21-17(23)18(24)22-9-8-13(11-22)12-2-1-3-15(20)10-12/h1-7,10,13H,8-9,11H2,(H,21,23). The maximum Gasteiger partial charge on any atom is 0.313 e. The molecule has 0 aliphatic carbocycles. The minimum absolute atomic E-state index is 0.0491. The van der Waals surface area contributed by atoms with Crippen LogP contribution in [0.4, 0.5) is 10.1 Å². The van der Waals surface area contributed by atoms with E-state index in [4.69, 9.17) is 11.6 Å². The monoisotopic (exact) mass is 346 g/mol. The summed E-state index contributed by atoms with van der Waals surface area (Å²) in [4.78, 5) is 25.9. The van der Waals surface area contributed by atoms with Gasteiger partial charge in [-0.1, -0.05) is 23.7 Å². The van der Waals surface area contributed by atoms with E-state index in [0.29, 0.717) is 30.2 Å². The molecule has 1 atom stereocenters. The SMILES string of the molecule is O=C(Nc1ccc(Cl)cc1)C(=O)N1CCC(c2cccc(F)c2)C1. The van der Waals surface area contributed by atoms with Crippen LogP contribution in [0, 0.1) is 5.82 Å². The van der Waals surface area contributed by atoms with Crippen molar-refractivity contribution in [2.45, 2.75) is 12.3 Å². The first kappa shape index (κ1) is 16.5. The number of carbonyl (C=O) groups is 2. The second-order valence-electron chi connectivity index (χ2n) is 5.75. The van der Waals surface area contributed by atoms with Gasteiger partial charge >= 0.3 is 11.8 Å². The number of nitrogens with zero attached hydrogens (tertiary/aromatic N) is 1. The van der Waals surface area contributed by atoms with Gasteiger partial charge in [-0.15, -0.1) is 0 Å². The van der Waals surface area contributed by atoms with Gasteiger partial charge in [0, 0.05) is 29.7 Å². The summed E-state index contributed by atoms with van der Waals surface area (Å²) in [6.07, 6.45) is 0.712. The molecule has 24 heavy (non-hydrogen) atoms. The number of amides is 2. The number of hydrogen-bond donors (Lipinski definition) is 1. The molecule has 2 amide bonds. The van der Waals surface area contributed by atoms with Crippen molar-refractivity contribution in [3.63, 3.8) is 0 Å². The Hall–Kier alpha value is -2.40. The summed E-state index contributed by atoms with van der Waals surface area (Å²) in [6, 6.07) is 12.9. The molecule has 124 valence electrons. The van der Waals surface area contributed by atoms with Crippen LogP contribution in [0.1, 0.15) is 17.9 Å². The van der Waals surface area contributed by atoms with Crippen LogP contribution in [0.3, 0.4) is 0 Å². The molecule has 0 bridgehead atoms. The normalized spacial score (nSPS) is 16.9. The van der Waals surface area contributed by atoms with E-state index in [9.17, 15) is 14.0 Å². The first-order chi connectivity index (χ1) is 11.5. The second-order valence-corrected chi connectivity index (χ2v) is 6.19. The number of hydrogen-bond acceptors (Lipinski definition) is 2. The summed E-state index contributed by atoms with van der Waals surface area (Å²) in [5, 5.41) is 3.11. The predicted octanol–water partition coefficient (Wildman–Crippen LogP) is 3.43. The summed E-state index contributed by atoms with van der Waals surface area (Å²) in [7, 11) is 0. The minimum atomic E-state index is -0.683. The van der Waals surface area contributed by atoms with Gasteiger partial charge in [-0.25, -0.2) is 4.39 Å². The molecule has 1 aliphatic rings. The van der Waals surface area contributed by atoms with Gasteiger partial charge in [0.1, 0.15) is 5.82 Å². The van der Waals surface area contributed by atoms with E-state index in [1.54, 1.807) is 30.3 Å². The van der Waals surface area contributed by atoms with Gasteiger partial charge < -0.3 is 10.2 Å². The van der Waals surface area contributed by atoms with Crippen molar-refractivity contribution < 1.29 is 14.0 Å². The maximum absolute atomic E-state index is 13.3. The molecule has 2 aromatic rings. The van der Waals surface area contributed by atoms with Crippen molar-refractivity contribution in [2.24, 2.45) is 0 Å². The topological polar surface area (TPSA) is 49.4 Å². The molecule has 1 aliphatic heterocycles. The van der Waals surface area contributed by atoms with E-state index in [-0.39, 0.29) is 11.7 Å². The van der Waals surface area contributed by atoms with Gasteiger partial charge in [-0.3, -0.25) is 9.59 Å². The number of anilines is 1. The van der Waals surface area contributed by atoms with Crippen LogP contribution in [0.2, 0.25) is 5.02 Å². The molecular weight excluding hydrogens is 331 g/mol. The van der Waals surface area contributed by atoms with Gasteiger partial charge in [0.05, 0.1) is 0 Å². The predicted molar refractivity (Wildman–Crippen MR) is 90.4 cm³/mol. The molecule has 4 nitrogen and oxygen atoms in total. The zero-order valence-electron chi connectivity index (χ0n) is 12.8. The van der Waals surface area contributed by atoms with Crippen molar-refractivity contribution in [2.75, 3.05) is 18.4 Å². The lowest BCUT2D eigenvalue weighted by Crippen LogP contribution is -2.38. The third-order valence-corrected chi connectivity index (χ3v) is 4.34. The first-order valence-corrected chi connectivity index (χ1v) is 8.02. The fourth-order valence-electron chi connectivity index (χ4n) is 2.84. The Bertz CT molecular complexity index is 764. The molecule has 6 heteroatoms. The van der Waals surface area contributed by atoms with Crippen LogP contribution >= 0.6 is 11.6 Å². The van der Waals surface area contributed by atoms with E-state index in [1.165, 1.54) is 17.0 Å². The molecule has 1 fully saturated rings. The number of carbonyl (C=O) groups excluding carboxylic acids is 2. The van der Waals surface area contributed by atoms with E-state index >= 15 is 0 Å². The Morgan fingerprint density at radius 1 is 1.17 bits per heavy atom. The average Bonchev–Trinajstić information content (AvgIpc) is 3.06. The molecule has 0 saturated carbocycles. The number of rotatable bonds is 2. The first-order valence-electron chi connectivity index (χ1n) is 7.64. The Morgan fingerprint density at radius 2 is 1.92 bits per heavy atom. The van der Waals surface area contributed by atoms with Crippen molar-refractivity contribution in [3.05, 3.63) is 64.9 Å². The number of likely N-dealkylation sites (tertiary alicyclic amines) is 1. The summed E-state index contributed by atoms with van der Waals surface area (Å²) in [6.45, 7) is 0.893. The van der Waals surface area contributed by atoms with Crippen molar-refractivity contribution in [1.29, 1.82) is 0 Å². The molecule has 0 spiro atoms. The van der Waals surface area contributed by atoms with Crippen LogP contribution in [0.15, 0.2) is 48.5 Å². The van der Waals surface area contributed by atoms with Crippen LogP contribution in [-0.4, -0.2) is 29.8 Å². The lowest BCUT2D eigenvalue weighted by atomic mass is 9.98. The third-order valence-electron chi connectivity index (χ3n) is 4.09. The Balaban J connectivity index is 1.61. The van der Waals surface area contributed by atoms with Crippen molar-refractivity contribution in [3.8, 4) is 0 Å². The molecule has 1 unspecified atom stereocenters. The van der Waals surface area contributed by atoms with Gasteiger partial charge in [0.25, 0.3) is 0 Å². The highest BCUT2D eigenvalue weighted by Crippen LogP contribution is 2.27. The number of nitrogens with one attached hydrogen (secondary N) is 1. The van der Waals surface area contributed by atoms with Crippen LogP contribution < -0.4 is 5.32 Å². The van der Waals surface area contributed by atoms with E-state index in [1.807, 2.05) is 6.07 Å². The summed E-state index contributed by atoms with van der Waals surface area (Å²) >= 11 is 5.79. The fraction of sp³-hybridized carbons (Fsp3) is 0.222. The van der Waals surface area contributed by atoms with Gasteiger partial charge in [-0.2, -0.15) is 0 Å². The highest BCUT2D eigenvalue weighted by atomic mass is 35.5. The van der Waals surface area contributed by atoms with Crippen LogP contribution in [-0.2, 0) is 9.59 Å². The Kier molecular flexibility index (Phi) is 4.81. The van der Waals surface area contributed by atoms with E-state index in [2.05, 4.69) is 5.32 Å². The summed E-state index contributed by atoms with van der Waals surface area (Å²) in [5.74, 6) is -1.51. The Labute approximate surface area is 144 Å². The van der Waals surface area contributed by atoms with Crippen molar-refractivity contribution >= 4 is 29.1 Å². The van der Waals surface area contributed by atoms with Crippen molar-refractivity contribution in [1.82, 2.24) is 4.90 Å². The fourth-order valence-corrected chi connectivity index (χ4v) is 2.96. The summed E-state index contributed by atoms with van der Waals surface area (Å²) < 4.78 is 13.3. The average molecular weight is 347 g/mol.